The molecule has 0 saturated heterocycles. The number of hydrogen-bond donors (Lipinski definition) is 2. The predicted octanol–water partition coefficient (Wildman–Crippen LogP) is 0.689. The van der Waals surface area contributed by atoms with Gasteiger partial charge >= 0.3 is 0 Å². The number of nitrogens with zero attached hydrogens (tertiary/aromatic N) is 2. The molecule has 86 valence electrons. The zero-order valence-electron chi connectivity index (χ0n) is 8.52. The van der Waals surface area contributed by atoms with Crippen molar-refractivity contribution in [3.63, 3.8) is 0 Å². The molecule has 7 heteroatoms. The summed E-state index contributed by atoms with van der Waals surface area (Å²) in [6.07, 6.45) is 1.10. The first kappa shape index (κ1) is 14.3. The van der Waals surface area contributed by atoms with Crippen molar-refractivity contribution in [3.8, 4) is 0 Å². The number of halogens is 1. The van der Waals surface area contributed by atoms with E-state index < -0.39 is 0 Å². The fourth-order valence-corrected chi connectivity index (χ4v) is 1.36. The van der Waals surface area contributed by atoms with Crippen molar-refractivity contribution in [1.82, 2.24) is 20.2 Å². The molecule has 0 fully saturated rings. The van der Waals surface area contributed by atoms with Crippen molar-refractivity contribution in [2.45, 2.75) is 13.3 Å². The third-order valence-electron chi connectivity index (χ3n) is 1.61. The van der Waals surface area contributed by atoms with Gasteiger partial charge in [-0.3, -0.25) is 4.79 Å². The summed E-state index contributed by atoms with van der Waals surface area (Å²) < 4.78 is 3.62. The van der Waals surface area contributed by atoms with E-state index in [1.54, 1.807) is 5.38 Å². The highest BCUT2D eigenvalue weighted by atomic mass is 35.5. The monoisotopic (exact) mass is 250 g/mol. The molecule has 0 bridgehead atoms. The molecule has 0 aliphatic heterocycles. The average molecular weight is 251 g/mol. The maximum atomic E-state index is 11.3. The van der Waals surface area contributed by atoms with E-state index in [1.807, 2.05) is 0 Å². The number of hydrogen-bond acceptors (Lipinski definition) is 5. The Morgan fingerprint density at radius 2 is 2.27 bits per heavy atom. The SMILES string of the molecule is CCCNCCNC(=O)c1csnn1.Cl. The summed E-state index contributed by atoms with van der Waals surface area (Å²) in [4.78, 5) is 11.3. The van der Waals surface area contributed by atoms with Gasteiger partial charge in [0.25, 0.3) is 5.91 Å². The molecule has 1 heterocycles. The Morgan fingerprint density at radius 3 is 2.87 bits per heavy atom. The van der Waals surface area contributed by atoms with Crippen molar-refractivity contribution in [3.05, 3.63) is 11.1 Å². The molecule has 1 aromatic rings. The van der Waals surface area contributed by atoms with Crippen LogP contribution in [0.1, 0.15) is 23.8 Å². The lowest BCUT2D eigenvalue weighted by molar-refractivity contribution is 0.0949. The van der Waals surface area contributed by atoms with Gasteiger partial charge in [0.05, 0.1) is 0 Å². The lowest BCUT2D eigenvalue weighted by Gasteiger charge is -2.03. The molecule has 5 nitrogen and oxygen atoms in total. The summed E-state index contributed by atoms with van der Waals surface area (Å²) in [5, 5.41) is 11.2. The van der Waals surface area contributed by atoms with E-state index in [1.165, 1.54) is 11.5 Å². The van der Waals surface area contributed by atoms with Crippen molar-refractivity contribution in [2.75, 3.05) is 19.6 Å². The molecule has 0 spiro atoms. The number of carbonyl (C=O) groups is 1. The van der Waals surface area contributed by atoms with Crippen LogP contribution in [-0.4, -0.2) is 35.1 Å². The van der Waals surface area contributed by atoms with Gasteiger partial charge in [-0.1, -0.05) is 11.4 Å². The number of aromatic nitrogens is 2. The molecule has 0 saturated carbocycles. The van der Waals surface area contributed by atoms with Crippen molar-refractivity contribution in [1.29, 1.82) is 0 Å². The first-order chi connectivity index (χ1) is 6.84. The van der Waals surface area contributed by atoms with Crippen LogP contribution >= 0.6 is 23.9 Å². The van der Waals surface area contributed by atoms with E-state index in [0.717, 1.165) is 19.5 Å². The summed E-state index contributed by atoms with van der Waals surface area (Å²) in [7, 11) is 0. The Labute approximate surface area is 99.2 Å². The highest BCUT2D eigenvalue weighted by molar-refractivity contribution is 7.03. The van der Waals surface area contributed by atoms with Gasteiger partial charge in [-0.2, -0.15) is 0 Å². The van der Waals surface area contributed by atoms with Crippen LogP contribution in [0.3, 0.4) is 0 Å². The maximum absolute atomic E-state index is 11.3. The zero-order chi connectivity index (χ0) is 10.2. The zero-order valence-corrected chi connectivity index (χ0v) is 10.2. The van der Waals surface area contributed by atoms with Crippen molar-refractivity contribution >= 4 is 29.8 Å². The van der Waals surface area contributed by atoms with Gasteiger partial charge in [-0.25, -0.2) is 0 Å². The molecule has 2 N–H and O–H groups in total. The molecule has 1 amide bonds. The van der Waals surface area contributed by atoms with E-state index in [4.69, 9.17) is 0 Å². The maximum Gasteiger partial charge on any atom is 0.272 e. The second kappa shape index (κ2) is 8.58. The molecule has 0 aliphatic rings. The largest absolute Gasteiger partial charge is 0.349 e. The third kappa shape index (κ3) is 5.66. The summed E-state index contributed by atoms with van der Waals surface area (Å²) in [6.45, 7) is 4.49. The minimum Gasteiger partial charge on any atom is -0.349 e. The fourth-order valence-electron chi connectivity index (χ4n) is 0.920. The normalized spacial score (nSPS) is 9.40. The Morgan fingerprint density at radius 1 is 1.47 bits per heavy atom. The minimum atomic E-state index is -0.156. The molecule has 0 unspecified atom stereocenters. The van der Waals surface area contributed by atoms with E-state index >= 15 is 0 Å². The Balaban J connectivity index is 0.00000196. The van der Waals surface area contributed by atoms with Crippen molar-refractivity contribution < 1.29 is 4.79 Å². The predicted molar refractivity (Wildman–Crippen MR) is 62.7 cm³/mol. The van der Waals surface area contributed by atoms with E-state index in [-0.39, 0.29) is 18.3 Å². The van der Waals surface area contributed by atoms with E-state index in [2.05, 4.69) is 27.1 Å². The fraction of sp³-hybridized carbons (Fsp3) is 0.625. The van der Waals surface area contributed by atoms with Gasteiger partial charge in [0.2, 0.25) is 0 Å². The molecule has 15 heavy (non-hydrogen) atoms. The summed E-state index contributed by atoms with van der Waals surface area (Å²) >= 11 is 1.18. The first-order valence-electron chi connectivity index (χ1n) is 4.60. The number of carbonyl (C=O) groups excluding carboxylic acids is 1. The molecule has 1 rings (SSSR count). The van der Waals surface area contributed by atoms with Crippen LogP contribution in [0.15, 0.2) is 5.38 Å². The van der Waals surface area contributed by atoms with Gasteiger partial charge < -0.3 is 10.6 Å². The quantitative estimate of drug-likeness (QED) is 0.729. The topological polar surface area (TPSA) is 66.9 Å². The molecule has 1 aromatic heterocycles. The smallest absolute Gasteiger partial charge is 0.272 e. The Bertz CT molecular complexity index is 268. The van der Waals surface area contributed by atoms with Gasteiger partial charge in [-0.05, 0) is 24.5 Å². The summed E-state index contributed by atoms with van der Waals surface area (Å²) in [5.74, 6) is -0.156. The van der Waals surface area contributed by atoms with E-state index in [9.17, 15) is 4.79 Å². The first-order valence-corrected chi connectivity index (χ1v) is 5.44. The standard InChI is InChI=1S/C8H14N4OS.ClH/c1-2-3-9-4-5-10-8(13)7-6-14-12-11-7;/h6,9H,2-5H2,1H3,(H,10,13);1H. The van der Waals surface area contributed by atoms with E-state index in [0.29, 0.717) is 12.2 Å². The van der Waals surface area contributed by atoms with Crippen LogP contribution < -0.4 is 10.6 Å². The van der Waals surface area contributed by atoms with Crippen LogP contribution in [0.5, 0.6) is 0 Å². The summed E-state index contributed by atoms with van der Waals surface area (Å²) in [6, 6.07) is 0. The Kier molecular flexibility index (Phi) is 8.17. The van der Waals surface area contributed by atoms with Crippen LogP contribution in [0.4, 0.5) is 0 Å². The van der Waals surface area contributed by atoms with Crippen molar-refractivity contribution in [2.24, 2.45) is 0 Å². The number of rotatable bonds is 6. The molecule has 0 aromatic carbocycles. The molecular formula is C8H15ClN4OS. The molecule has 0 aliphatic carbocycles. The second-order valence-corrected chi connectivity index (χ2v) is 3.41. The third-order valence-corrected chi connectivity index (χ3v) is 2.11. The lowest BCUT2D eigenvalue weighted by atomic mass is 10.4. The van der Waals surface area contributed by atoms with Gasteiger partial charge in [0.15, 0.2) is 5.69 Å². The van der Waals surface area contributed by atoms with Crippen LogP contribution in [0.25, 0.3) is 0 Å². The van der Waals surface area contributed by atoms with Crippen LogP contribution in [0.2, 0.25) is 0 Å². The van der Waals surface area contributed by atoms with Gasteiger partial charge in [-0.15, -0.1) is 17.5 Å². The summed E-state index contributed by atoms with van der Waals surface area (Å²) in [5.41, 5.74) is 0.394. The number of amides is 1. The minimum absolute atomic E-state index is 0. The molecule has 0 atom stereocenters. The van der Waals surface area contributed by atoms with Gasteiger partial charge in [0, 0.05) is 18.5 Å². The second-order valence-electron chi connectivity index (χ2n) is 2.80. The number of nitrogens with one attached hydrogen (secondary N) is 2. The van der Waals surface area contributed by atoms with Gasteiger partial charge in [0.1, 0.15) is 0 Å². The molecular weight excluding hydrogens is 236 g/mol. The highest BCUT2D eigenvalue weighted by Gasteiger charge is 2.06. The average Bonchev–Trinajstić information content (AvgIpc) is 2.70. The van der Waals surface area contributed by atoms with Crippen LogP contribution in [0, 0.1) is 0 Å². The molecule has 0 radical (unpaired) electrons. The Hall–Kier alpha value is -0.720. The lowest BCUT2D eigenvalue weighted by Crippen LogP contribution is -2.32. The highest BCUT2D eigenvalue weighted by Crippen LogP contribution is 1.95. The van der Waals surface area contributed by atoms with Crippen LogP contribution in [-0.2, 0) is 0 Å².